The lowest BCUT2D eigenvalue weighted by atomic mass is 9.97. The first kappa shape index (κ1) is 21.0. The Morgan fingerprint density at radius 1 is 1.28 bits per heavy atom. The van der Waals surface area contributed by atoms with Crippen molar-refractivity contribution in [1.82, 2.24) is 14.9 Å². The second-order valence-electron chi connectivity index (χ2n) is 8.33. The highest BCUT2D eigenvalue weighted by molar-refractivity contribution is 5.94. The molecule has 29 heavy (non-hydrogen) atoms. The van der Waals surface area contributed by atoms with E-state index < -0.39 is 5.60 Å². The number of fused-ring (bicyclic) bond motifs is 1. The van der Waals surface area contributed by atoms with Crippen LogP contribution in [0.15, 0.2) is 18.2 Å². The summed E-state index contributed by atoms with van der Waals surface area (Å²) in [4.78, 5) is 33.5. The molecule has 1 aromatic heterocycles. The first-order valence-corrected chi connectivity index (χ1v) is 10.1. The van der Waals surface area contributed by atoms with Gasteiger partial charge in [-0.3, -0.25) is 0 Å². The molecule has 3 rings (SSSR count). The zero-order valence-corrected chi connectivity index (χ0v) is 17.6. The van der Waals surface area contributed by atoms with Crippen molar-refractivity contribution in [2.75, 3.05) is 31.6 Å². The molecule has 0 radical (unpaired) electrons. The number of carbonyl (C=O) groups is 2. The first-order chi connectivity index (χ1) is 13.7. The summed E-state index contributed by atoms with van der Waals surface area (Å²) >= 11 is 0. The third-order valence-corrected chi connectivity index (χ3v) is 4.82. The van der Waals surface area contributed by atoms with E-state index in [0.717, 1.165) is 30.4 Å². The van der Waals surface area contributed by atoms with Gasteiger partial charge in [0.25, 0.3) is 0 Å². The second kappa shape index (κ2) is 8.71. The predicted octanol–water partition coefficient (Wildman–Crippen LogP) is 3.80. The van der Waals surface area contributed by atoms with Gasteiger partial charge in [-0.05, 0) is 64.7 Å². The molecule has 8 nitrogen and oxygen atoms in total. The SMILES string of the molecule is CCOC(=O)c1ccc2nc(NCC3CCN(C(=O)OC(C)(C)C)CC3)[nH]c2c1. The Bertz CT molecular complexity index is 863. The average Bonchev–Trinajstić information content (AvgIpc) is 3.07. The molecule has 2 aromatic rings. The fourth-order valence-corrected chi connectivity index (χ4v) is 3.32. The number of hydrogen-bond donors (Lipinski definition) is 2. The Balaban J connectivity index is 1.51. The van der Waals surface area contributed by atoms with E-state index >= 15 is 0 Å². The first-order valence-electron chi connectivity index (χ1n) is 10.1. The number of piperidine rings is 1. The zero-order valence-electron chi connectivity index (χ0n) is 17.6. The van der Waals surface area contributed by atoms with Crippen LogP contribution in [0, 0.1) is 5.92 Å². The number of aromatic amines is 1. The summed E-state index contributed by atoms with van der Waals surface area (Å²) in [5.41, 5.74) is 1.62. The quantitative estimate of drug-likeness (QED) is 0.739. The van der Waals surface area contributed by atoms with E-state index in [0.29, 0.717) is 37.1 Å². The Kier molecular flexibility index (Phi) is 6.30. The number of rotatable bonds is 5. The topological polar surface area (TPSA) is 96.6 Å². The number of amides is 1. The molecule has 0 saturated carbocycles. The van der Waals surface area contributed by atoms with Crippen LogP contribution in [-0.2, 0) is 9.47 Å². The summed E-state index contributed by atoms with van der Waals surface area (Å²) in [6.45, 7) is 9.94. The maximum Gasteiger partial charge on any atom is 0.410 e. The largest absolute Gasteiger partial charge is 0.462 e. The average molecular weight is 402 g/mol. The van der Waals surface area contributed by atoms with E-state index in [1.54, 1.807) is 24.0 Å². The van der Waals surface area contributed by atoms with Crippen LogP contribution >= 0.6 is 0 Å². The molecule has 1 aliphatic rings. The van der Waals surface area contributed by atoms with E-state index in [2.05, 4.69) is 15.3 Å². The molecule has 1 amide bonds. The van der Waals surface area contributed by atoms with Crippen LogP contribution in [-0.4, -0.2) is 58.8 Å². The fourth-order valence-electron chi connectivity index (χ4n) is 3.32. The van der Waals surface area contributed by atoms with Crippen LogP contribution in [0.5, 0.6) is 0 Å². The fraction of sp³-hybridized carbons (Fsp3) is 0.571. The smallest absolute Gasteiger partial charge is 0.410 e. The summed E-state index contributed by atoms with van der Waals surface area (Å²) in [6, 6.07) is 5.28. The lowest BCUT2D eigenvalue weighted by molar-refractivity contribution is 0.0187. The van der Waals surface area contributed by atoms with Gasteiger partial charge < -0.3 is 24.7 Å². The van der Waals surface area contributed by atoms with Gasteiger partial charge in [-0.1, -0.05) is 0 Å². The molecular formula is C21H30N4O4. The van der Waals surface area contributed by atoms with Gasteiger partial charge in [0.05, 0.1) is 23.2 Å². The van der Waals surface area contributed by atoms with Gasteiger partial charge in [0.1, 0.15) is 5.60 Å². The molecular weight excluding hydrogens is 372 g/mol. The number of nitrogens with one attached hydrogen (secondary N) is 2. The maximum absolute atomic E-state index is 12.2. The number of esters is 1. The number of carbonyl (C=O) groups excluding carboxylic acids is 2. The molecule has 1 saturated heterocycles. The molecule has 2 N–H and O–H groups in total. The molecule has 0 atom stereocenters. The van der Waals surface area contributed by atoms with E-state index in [9.17, 15) is 9.59 Å². The number of ether oxygens (including phenoxy) is 2. The van der Waals surface area contributed by atoms with E-state index in [1.807, 2.05) is 26.8 Å². The van der Waals surface area contributed by atoms with Crippen LogP contribution in [0.25, 0.3) is 11.0 Å². The minimum atomic E-state index is -0.468. The molecule has 0 aliphatic carbocycles. The van der Waals surface area contributed by atoms with Crippen molar-refractivity contribution in [3.05, 3.63) is 23.8 Å². The van der Waals surface area contributed by atoms with Crippen molar-refractivity contribution in [3.63, 3.8) is 0 Å². The number of benzene rings is 1. The summed E-state index contributed by atoms with van der Waals surface area (Å²) < 4.78 is 10.5. The third-order valence-electron chi connectivity index (χ3n) is 4.82. The van der Waals surface area contributed by atoms with E-state index in [-0.39, 0.29) is 12.1 Å². The minimum absolute atomic E-state index is 0.237. The molecule has 8 heteroatoms. The number of H-pyrrole nitrogens is 1. The maximum atomic E-state index is 12.2. The number of likely N-dealkylation sites (tertiary alicyclic amines) is 1. The van der Waals surface area contributed by atoms with Gasteiger partial charge in [-0.25, -0.2) is 14.6 Å². The summed E-state index contributed by atoms with van der Waals surface area (Å²) in [6.07, 6.45) is 1.59. The molecule has 1 aliphatic heterocycles. The Labute approximate surface area is 171 Å². The summed E-state index contributed by atoms with van der Waals surface area (Å²) in [7, 11) is 0. The number of nitrogens with zero attached hydrogens (tertiary/aromatic N) is 2. The normalized spacial score (nSPS) is 15.4. The number of hydrogen-bond acceptors (Lipinski definition) is 6. The van der Waals surface area contributed by atoms with Gasteiger partial charge in [-0.2, -0.15) is 0 Å². The highest BCUT2D eigenvalue weighted by Crippen LogP contribution is 2.21. The molecule has 1 aromatic carbocycles. The van der Waals surface area contributed by atoms with E-state index in [1.165, 1.54) is 0 Å². The van der Waals surface area contributed by atoms with E-state index in [4.69, 9.17) is 9.47 Å². The summed E-state index contributed by atoms with van der Waals surface area (Å²) in [5, 5.41) is 3.34. The van der Waals surface area contributed by atoms with Gasteiger partial charge in [-0.15, -0.1) is 0 Å². The molecule has 0 unspecified atom stereocenters. The van der Waals surface area contributed by atoms with Crippen LogP contribution in [0.2, 0.25) is 0 Å². The summed E-state index contributed by atoms with van der Waals surface area (Å²) in [5.74, 6) is 0.794. The minimum Gasteiger partial charge on any atom is -0.462 e. The number of imidazole rings is 1. The Morgan fingerprint density at radius 2 is 2.00 bits per heavy atom. The Hall–Kier alpha value is -2.77. The standard InChI is InChI=1S/C21H30N4O4/c1-5-28-18(26)15-6-7-16-17(12-15)24-19(23-16)22-13-14-8-10-25(11-9-14)20(27)29-21(2,3)4/h6-7,12,14H,5,8-11,13H2,1-4H3,(H2,22,23,24). The molecule has 2 heterocycles. The van der Waals surface area contributed by atoms with Gasteiger partial charge >= 0.3 is 12.1 Å². The Morgan fingerprint density at radius 3 is 2.66 bits per heavy atom. The lowest BCUT2D eigenvalue weighted by Gasteiger charge is -2.33. The van der Waals surface area contributed by atoms with Gasteiger partial charge in [0.2, 0.25) is 5.95 Å². The molecule has 1 fully saturated rings. The van der Waals surface area contributed by atoms with Crippen LogP contribution in [0.1, 0.15) is 50.9 Å². The van der Waals surface area contributed by atoms with Crippen LogP contribution in [0.3, 0.4) is 0 Å². The second-order valence-corrected chi connectivity index (χ2v) is 8.33. The van der Waals surface area contributed by atoms with Crippen molar-refractivity contribution < 1.29 is 19.1 Å². The van der Waals surface area contributed by atoms with Crippen molar-refractivity contribution in [2.45, 2.75) is 46.1 Å². The molecule has 0 spiro atoms. The molecule has 158 valence electrons. The predicted molar refractivity (Wildman–Crippen MR) is 111 cm³/mol. The van der Waals surface area contributed by atoms with Crippen molar-refractivity contribution in [1.29, 1.82) is 0 Å². The number of aromatic nitrogens is 2. The lowest BCUT2D eigenvalue weighted by Crippen LogP contribution is -2.42. The number of anilines is 1. The van der Waals surface area contributed by atoms with Crippen LogP contribution in [0.4, 0.5) is 10.7 Å². The van der Waals surface area contributed by atoms with Gasteiger partial charge in [0.15, 0.2) is 0 Å². The molecule has 0 bridgehead atoms. The highest BCUT2D eigenvalue weighted by Gasteiger charge is 2.26. The van der Waals surface area contributed by atoms with Crippen molar-refractivity contribution in [3.8, 4) is 0 Å². The monoisotopic (exact) mass is 402 g/mol. The zero-order chi connectivity index (χ0) is 21.0. The van der Waals surface area contributed by atoms with Crippen molar-refractivity contribution in [2.24, 2.45) is 5.92 Å². The van der Waals surface area contributed by atoms with Crippen molar-refractivity contribution >= 4 is 29.0 Å². The van der Waals surface area contributed by atoms with Gasteiger partial charge in [0, 0.05) is 19.6 Å². The third kappa shape index (κ3) is 5.62. The van der Waals surface area contributed by atoms with Crippen LogP contribution < -0.4 is 5.32 Å². The highest BCUT2D eigenvalue weighted by atomic mass is 16.6.